The molecule has 0 bridgehead atoms. The smallest absolute Gasteiger partial charge is 0.342 e. The Bertz CT molecular complexity index is 1160. The van der Waals surface area contributed by atoms with Gasteiger partial charge >= 0.3 is 5.97 Å². The van der Waals surface area contributed by atoms with Gasteiger partial charge in [0.05, 0.1) is 24.4 Å². The maximum absolute atomic E-state index is 12.9. The number of aromatic hydroxyl groups is 2. The monoisotopic (exact) mass is 627 g/mol. The minimum Gasteiger partial charge on any atom is -0.508 e. The van der Waals surface area contributed by atoms with E-state index in [9.17, 15) is 40.2 Å². The predicted molar refractivity (Wildman–Crippen MR) is 157 cm³/mol. The van der Waals surface area contributed by atoms with Crippen molar-refractivity contribution in [3.05, 3.63) is 22.8 Å². The van der Waals surface area contributed by atoms with Gasteiger partial charge in [-0.2, -0.15) is 0 Å². The molecule has 44 heavy (non-hydrogen) atoms. The third-order valence-corrected chi connectivity index (χ3v) is 9.41. The van der Waals surface area contributed by atoms with Crippen LogP contribution in [0.3, 0.4) is 0 Å². The summed E-state index contributed by atoms with van der Waals surface area (Å²) in [4.78, 5) is 25.7. The van der Waals surface area contributed by atoms with E-state index in [-0.39, 0.29) is 55.3 Å². The molecule has 1 aromatic rings. The van der Waals surface area contributed by atoms with Crippen molar-refractivity contribution in [3.63, 3.8) is 0 Å². The molecule has 1 fully saturated rings. The van der Waals surface area contributed by atoms with Crippen LogP contribution in [0.1, 0.15) is 68.4 Å². The average molecular weight is 628 g/mol. The van der Waals surface area contributed by atoms with Crippen LogP contribution in [0, 0.1) is 24.2 Å². The van der Waals surface area contributed by atoms with E-state index in [1.807, 2.05) is 0 Å². The average Bonchev–Trinajstić information content (AvgIpc) is 2.98. The first-order chi connectivity index (χ1) is 20.6. The predicted octanol–water partition coefficient (Wildman–Crippen LogP) is 0.903. The van der Waals surface area contributed by atoms with E-state index in [4.69, 9.17) is 18.9 Å². The van der Waals surface area contributed by atoms with Crippen LogP contribution >= 0.6 is 0 Å². The third-order valence-electron chi connectivity index (χ3n) is 9.41. The fourth-order valence-electron chi connectivity index (χ4n) is 5.96. The van der Waals surface area contributed by atoms with Crippen molar-refractivity contribution in [2.24, 2.45) is 17.3 Å². The van der Waals surface area contributed by atoms with E-state index in [1.54, 1.807) is 34.6 Å². The van der Waals surface area contributed by atoms with Crippen molar-refractivity contribution in [2.45, 2.75) is 109 Å². The second-order valence-corrected chi connectivity index (χ2v) is 12.8. The molecule has 0 spiro atoms. The number of carbonyl (C=O) groups excluding carboxylic acids is 2. The van der Waals surface area contributed by atoms with Gasteiger partial charge < -0.3 is 54.9 Å². The molecule has 1 aromatic carbocycles. The SMILES string of the molecule is CO[C@@H](CC(C)CO)[C@H](O)C(=O)N[C@H](OC)[C@@H]1C[C@@H](O)C(C)(C)[C@@H](C[C@H](O)[C@@H](C)[C@H]2Cc3c(C)c(O)cc(O)c3C(=O)O2)O1. The number of aliphatic hydroxyl groups excluding tert-OH is 4. The van der Waals surface area contributed by atoms with Crippen molar-refractivity contribution in [1.29, 1.82) is 0 Å². The van der Waals surface area contributed by atoms with Gasteiger partial charge in [0.15, 0.2) is 12.3 Å². The second kappa shape index (κ2) is 14.7. The summed E-state index contributed by atoms with van der Waals surface area (Å²) in [6.45, 7) is 8.59. The number of fused-ring (bicyclic) bond motifs is 1. The van der Waals surface area contributed by atoms with Gasteiger partial charge in [-0.15, -0.1) is 0 Å². The van der Waals surface area contributed by atoms with E-state index >= 15 is 0 Å². The Hall–Kier alpha value is -2.52. The molecular weight excluding hydrogens is 578 g/mol. The van der Waals surface area contributed by atoms with Gasteiger partial charge in [-0.25, -0.2) is 4.79 Å². The zero-order valence-corrected chi connectivity index (χ0v) is 26.5. The van der Waals surface area contributed by atoms with E-state index in [2.05, 4.69) is 5.32 Å². The second-order valence-electron chi connectivity index (χ2n) is 12.8. The number of hydrogen-bond donors (Lipinski definition) is 7. The molecule has 0 radical (unpaired) electrons. The highest BCUT2D eigenvalue weighted by Gasteiger charge is 2.48. The fourth-order valence-corrected chi connectivity index (χ4v) is 5.96. The molecule has 10 atom stereocenters. The minimum atomic E-state index is -1.55. The molecule has 1 saturated heterocycles. The van der Waals surface area contributed by atoms with Crippen LogP contribution in [0.4, 0.5) is 0 Å². The lowest BCUT2D eigenvalue weighted by Gasteiger charge is -2.48. The molecule has 13 nitrogen and oxygen atoms in total. The molecule has 1 unspecified atom stereocenters. The van der Waals surface area contributed by atoms with Crippen molar-refractivity contribution in [3.8, 4) is 11.5 Å². The molecule has 2 aliphatic heterocycles. The Morgan fingerprint density at radius 1 is 1.14 bits per heavy atom. The zero-order valence-electron chi connectivity index (χ0n) is 26.5. The van der Waals surface area contributed by atoms with E-state index in [1.165, 1.54) is 14.2 Å². The lowest BCUT2D eigenvalue weighted by Crippen LogP contribution is -2.59. The molecule has 7 N–H and O–H groups in total. The van der Waals surface area contributed by atoms with Gasteiger partial charge in [0.2, 0.25) is 0 Å². The van der Waals surface area contributed by atoms with Gasteiger partial charge in [-0.3, -0.25) is 4.79 Å². The number of benzene rings is 1. The summed E-state index contributed by atoms with van der Waals surface area (Å²) in [5.74, 6) is -2.83. The number of ether oxygens (including phenoxy) is 4. The standard InChI is InChI=1S/C31H49NO12/c1-14(13-33)8-22(41-6)27(38)28(39)32-29(42-7)23-12-24(37)31(4,5)25(43-23)11-19(35)16(3)21-9-17-15(2)18(34)10-20(36)26(17)30(40)44-21/h10,14,16,19,21-25,27,29,33-38H,8-9,11-13H2,1-7H3,(H,32,39)/t14?,16-,19+,21-,22+,23+,24-,25-,27+,29-/m1/s1. The zero-order chi connectivity index (χ0) is 33.1. The number of methoxy groups -OCH3 is 2. The molecular formula is C31H49NO12. The first-order valence-corrected chi connectivity index (χ1v) is 15.0. The molecule has 0 aliphatic carbocycles. The molecule has 2 aliphatic rings. The van der Waals surface area contributed by atoms with Crippen molar-refractivity contribution < 1.29 is 59.2 Å². The van der Waals surface area contributed by atoms with Crippen LogP contribution in [0.15, 0.2) is 6.07 Å². The summed E-state index contributed by atoms with van der Waals surface area (Å²) >= 11 is 0. The summed E-state index contributed by atoms with van der Waals surface area (Å²) in [5.41, 5.74) is 0.0830. The molecule has 0 aromatic heterocycles. The number of hydrogen-bond acceptors (Lipinski definition) is 12. The number of nitrogens with one attached hydrogen (secondary N) is 1. The Kier molecular flexibility index (Phi) is 12.0. The highest BCUT2D eigenvalue weighted by Crippen LogP contribution is 2.42. The number of phenolic OH excluding ortho intramolecular Hbond substituents is 2. The summed E-state index contributed by atoms with van der Waals surface area (Å²) in [6, 6.07) is 1.10. The summed E-state index contributed by atoms with van der Waals surface area (Å²) < 4.78 is 22.7. The van der Waals surface area contributed by atoms with E-state index < -0.39 is 72.2 Å². The normalized spacial score (nSPS) is 27.3. The summed E-state index contributed by atoms with van der Waals surface area (Å²) in [7, 11) is 2.72. The largest absolute Gasteiger partial charge is 0.508 e. The van der Waals surface area contributed by atoms with Crippen LogP contribution in [-0.4, -0.2) is 112 Å². The lowest BCUT2D eigenvalue weighted by atomic mass is 9.73. The Morgan fingerprint density at radius 3 is 2.39 bits per heavy atom. The minimum absolute atomic E-state index is 0.00143. The highest BCUT2D eigenvalue weighted by molar-refractivity contribution is 5.96. The van der Waals surface area contributed by atoms with Crippen LogP contribution in [0.25, 0.3) is 0 Å². The van der Waals surface area contributed by atoms with Crippen molar-refractivity contribution >= 4 is 11.9 Å². The molecule has 1 amide bonds. The third kappa shape index (κ3) is 7.64. The molecule has 13 heteroatoms. The van der Waals surface area contributed by atoms with E-state index in [0.29, 0.717) is 11.1 Å². The van der Waals surface area contributed by atoms with Gasteiger partial charge in [0, 0.05) is 57.5 Å². The molecule has 2 heterocycles. The Labute approximate surface area is 258 Å². The maximum atomic E-state index is 12.9. The number of cyclic esters (lactones) is 1. The highest BCUT2D eigenvalue weighted by atomic mass is 16.6. The van der Waals surface area contributed by atoms with Gasteiger partial charge in [0.25, 0.3) is 5.91 Å². The van der Waals surface area contributed by atoms with Gasteiger partial charge in [0.1, 0.15) is 29.3 Å². The number of amides is 1. The summed E-state index contributed by atoms with van der Waals surface area (Å²) in [6.07, 6.45) is -7.17. The van der Waals surface area contributed by atoms with Gasteiger partial charge in [-0.1, -0.05) is 27.7 Å². The number of rotatable bonds is 13. The summed E-state index contributed by atoms with van der Waals surface area (Å²) in [5, 5.41) is 65.4. The topological polar surface area (TPSA) is 204 Å². The van der Waals surface area contributed by atoms with Crippen LogP contribution in [-0.2, 0) is 30.2 Å². The first kappa shape index (κ1) is 36.0. The Balaban J connectivity index is 1.72. The van der Waals surface area contributed by atoms with Crippen LogP contribution in [0.2, 0.25) is 0 Å². The van der Waals surface area contributed by atoms with Crippen LogP contribution in [0.5, 0.6) is 11.5 Å². The lowest BCUT2D eigenvalue weighted by molar-refractivity contribution is -0.217. The Morgan fingerprint density at radius 2 is 1.80 bits per heavy atom. The van der Waals surface area contributed by atoms with Crippen LogP contribution < -0.4 is 5.32 Å². The van der Waals surface area contributed by atoms with Gasteiger partial charge in [-0.05, 0) is 30.4 Å². The fraction of sp³-hybridized carbons (Fsp3) is 0.742. The van der Waals surface area contributed by atoms with Crippen molar-refractivity contribution in [1.82, 2.24) is 5.32 Å². The first-order valence-electron chi connectivity index (χ1n) is 15.0. The maximum Gasteiger partial charge on any atom is 0.342 e. The number of aliphatic hydroxyl groups is 4. The van der Waals surface area contributed by atoms with E-state index in [0.717, 1.165) is 6.07 Å². The quantitative estimate of drug-likeness (QED) is 0.120. The molecule has 0 saturated carbocycles. The number of carbonyl (C=O) groups is 2. The molecule has 3 rings (SSSR count). The number of esters is 1. The van der Waals surface area contributed by atoms with Crippen molar-refractivity contribution in [2.75, 3.05) is 20.8 Å². The number of phenols is 2. The molecule has 250 valence electrons.